The predicted octanol–water partition coefficient (Wildman–Crippen LogP) is 4.97. The topological polar surface area (TPSA) is 95.5 Å². The van der Waals surface area contributed by atoms with E-state index >= 15 is 0 Å². The molecule has 3 aromatic carbocycles. The molecule has 180 valence electrons. The molecule has 3 aromatic rings. The Hall–Kier alpha value is -3.84. The van der Waals surface area contributed by atoms with Crippen LogP contribution in [0.5, 0.6) is 11.5 Å². The largest absolute Gasteiger partial charge is 0.493 e. The highest BCUT2D eigenvalue weighted by Gasteiger charge is 2.39. The fourth-order valence-corrected chi connectivity index (χ4v) is 4.04. The van der Waals surface area contributed by atoms with Crippen molar-refractivity contribution < 1.29 is 19.0 Å². The van der Waals surface area contributed by atoms with Crippen LogP contribution >= 0.6 is 11.6 Å². The van der Waals surface area contributed by atoms with Gasteiger partial charge in [-0.25, -0.2) is 9.98 Å². The highest BCUT2D eigenvalue weighted by molar-refractivity contribution is 6.30. The fraction of sp³-hybridized carbons (Fsp3) is 0.222. The summed E-state index contributed by atoms with van der Waals surface area (Å²) >= 11 is 5.96. The molecule has 1 aliphatic heterocycles. The van der Waals surface area contributed by atoms with E-state index in [0.29, 0.717) is 28.8 Å². The highest BCUT2D eigenvalue weighted by Crippen LogP contribution is 2.38. The third-order valence-electron chi connectivity index (χ3n) is 5.56. The Morgan fingerprint density at radius 1 is 1.03 bits per heavy atom. The van der Waals surface area contributed by atoms with Gasteiger partial charge >= 0.3 is 5.97 Å². The Kier molecular flexibility index (Phi) is 7.67. The van der Waals surface area contributed by atoms with Gasteiger partial charge in [-0.1, -0.05) is 60.1 Å². The lowest BCUT2D eigenvalue weighted by Crippen LogP contribution is -2.37. The van der Waals surface area contributed by atoms with Crippen LogP contribution in [0.3, 0.4) is 0 Å². The van der Waals surface area contributed by atoms with E-state index in [9.17, 15) is 4.79 Å². The molecule has 8 heteroatoms. The summed E-state index contributed by atoms with van der Waals surface area (Å²) in [6, 6.07) is 21.7. The van der Waals surface area contributed by atoms with Crippen molar-refractivity contribution in [3.8, 4) is 11.5 Å². The lowest BCUT2D eigenvalue weighted by Gasteiger charge is -2.28. The average molecular weight is 492 g/mol. The van der Waals surface area contributed by atoms with Crippen LogP contribution in [-0.2, 0) is 16.1 Å². The first-order valence-electron chi connectivity index (χ1n) is 11.2. The molecule has 0 amide bonds. The molecule has 0 saturated carbocycles. The van der Waals surface area contributed by atoms with Crippen molar-refractivity contribution in [2.75, 3.05) is 13.7 Å². The van der Waals surface area contributed by atoms with Crippen molar-refractivity contribution in [1.29, 1.82) is 0 Å². The van der Waals surface area contributed by atoms with Crippen LogP contribution < -0.4 is 15.2 Å². The number of carbonyl (C=O) groups is 1. The number of carbonyl (C=O) groups excluding carboxylic acids is 1. The number of nitrogens with two attached hydrogens (primary N) is 1. The predicted molar refractivity (Wildman–Crippen MR) is 136 cm³/mol. The lowest BCUT2D eigenvalue weighted by atomic mass is 9.85. The third-order valence-corrected chi connectivity index (χ3v) is 5.82. The molecule has 0 saturated heterocycles. The summed E-state index contributed by atoms with van der Waals surface area (Å²) in [6.45, 7) is 2.35. The first-order valence-corrected chi connectivity index (χ1v) is 11.6. The maximum Gasteiger partial charge on any atom is 0.317 e. The number of halogens is 1. The second kappa shape index (κ2) is 11.1. The molecular weight excluding hydrogens is 466 g/mol. The van der Waals surface area contributed by atoms with Gasteiger partial charge < -0.3 is 19.9 Å². The van der Waals surface area contributed by atoms with Crippen molar-refractivity contribution in [3.63, 3.8) is 0 Å². The average Bonchev–Trinajstić information content (AvgIpc) is 2.88. The van der Waals surface area contributed by atoms with Gasteiger partial charge in [-0.3, -0.25) is 4.79 Å². The zero-order chi connectivity index (χ0) is 24.8. The molecule has 1 aliphatic rings. The van der Waals surface area contributed by atoms with Crippen molar-refractivity contribution >= 4 is 29.2 Å². The van der Waals surface area contributed by atoms with Gasteiger partial charge in [-0.15, -0.1) is 0 Å². The SMILES string of the molecule is CCOC(=O)C1C(c2ccccc2)=NC(N)=NC1c1ccc(OCc2ccc(Cl)cc2)c(OC)c1. The van der Waals surface area contributed by atoms with Crippen LogP contribution in [0.15, 0.2) is 82.8 Å². The van der Waals surface area contributed by atoms with Crippen LogP contribution in [0.25, 0.3) is 0 Å². The number of hydrogen-bond donors (Lipinski definition) is 1. The summed E-state index contributed by atoms with van der Waals surface area (Å²) in [7, 11) is 1.56. The van der Waals surface area contributed by atoms with Gasteiger partial charge in [0.1, 0.15) is 12.5 Å². The van der Waals surface area contributed by atoms with Crippen LogP contribution in [0, 0.1) is 5.92 Å². The second-order valence-electron chi connectivity index (χ2n) is 7.85. The van der Waals surface area contributed by atoms with Crippen molar-refractivity contribution in [3.05, 3.63) is 94.5 Å². The number of methoxy groups -OCH3 is 1. The Morgan fingerprint density at radius 2 is 1.77 bits per heavy atom. The summed E-state index contributed by atoms with van der Waals surface area (Å²) in [4.78, 5) is 22.0. The van der Waals surface area contributed by atoms with Crippen LogP contribution in [-0.4, -0.2) is 31.4 Å². The quantitative estimate of drug-likeness (QED) is 0.449. The van der Waals surface area contributed by atoms with E-state index in [1.165, 1.54) is 0 Å². The normalized spacial score (nSPS) is 17.2. The van der Waals surface area contributed by atoms with Gasteiger partial charge in [0.2, 0.25) is 5.96 Å². The number of ether oxygens (including phenoxy) is 3. The van der Waals surface area contributed by atoms with E-state index < -0.39 is 17.9 Å². The fourth-order valence-electron chi connectivity index (χ4n) is 3.91. The Bertz CT molecular complexity index is 1240. The number of esters is 1. The number of guanidine groups is 1. The minimum Gasteiger partial charge on any atom is -0.493 e. The molecule has 0 aromatic heterocycles. The number of aliphatic imine (C=N–C) groups is 2. The van der Waals surface area contributed by atoms with Gasteiger partial charge in [0.05, 0.1) is 25.5 Å². The molecule has 0 bridgehead atoms. The van der Waals surface area contributed by atoms with E-state index in [4.69, 9.17) is 31.5 Å². The molecule has 0 fully saturated rings. The van der Waals surface area contributed by atoms with E-state index in [0.717, 1.165) is 16.7 Å². The standard InChI is InChI=1S/C27H26ClN3O4/c1-3-34-26(32)23-24(18-7-5-4-6-8-18)30-27(29)31-25(23)19-11-14-21(22(15-19)33-2)35-16-17-9-12-20(28)13-10-17/h4-15,23,25H,3,16H2,1-2H3,(H2,29,31). The lowest BCUT2D eigenvalue weighted by molar-refractivity contribution is -0.146. The van der Waals surface area contributed by atoms with Gasteiger partial charge in [0.15, 0.2) is 11.5 Å². The number of benzene rings is 3. The summed E-state index contributed by atoms with van der Waals surface area (Å²) in [6.07, 6.45) is 0. The molecule has 2 unspecified atom stereocenters. The maximum atomic E-state index is 13.1. The molecule has 35 heavy (non-hydrogen) atoms. The Morgan fingerprint density at radius 3 is 2.46 bits per heavy atom. The molecule has 0 aliphatic carbocycles. The molecule has 2 N–H and O–H groups in total. The Labute approximate surface area is 209 Å². The summed E-state index contributed by atoms with van der Waals surface area (Å²) in [5, 5.41) is 0.664. The third kappa shape index (κ3) is 5.63. The number of hydrogen-bond acceptors (Lipinski definition) is 7. The van der Waals surface area contributed by atoms with Gasteiger partial charge in [-0.05, 0) is 47.9 Å². The van der Waals surface area contributed by atoms with Crippen LogP contribution in [0.2, 0.25) is 5.02 Å². The van der Waals surface area contributed by atoms with Gasteiger partial charge in [-0.2, -0.15) is 0 Å². The molecule has 1 heterocycles. The molecule has 0 radical (unpaired) electrons. The zero-order valence-electron chi connectivity index (χ0n) is 19.5. The molecule has 0 spiro atoms. The van der Waals surface area contributed by atoms with Crippen LogP contribution in [0.4, 0.5) is 0 Å². The second-order valence-corrected chi connectivity index (χ2v) is 8.29. The highest BCUT2D eigenvalue weighted by atomic mass is 35.5. The number of rotatable bonds is 8. The smallest absolute Gasteiger partial charge is 0.317 e. The summed E-state index contributed by atoms with van der Waals surface area (Å²) in [5.41, 5.74) is 9.09. The number of nitrogens with zero attached hydrogens (tertiary/aromatic N) is 2. The minimum atomic E-state index is -0.768. The van der Waals surface area contributed by atoms with E-state index in [1.807, 2.05) is 60.7 Å². The Balaban J connectivity index is 1.66. The molecule has 4 rings (SSSR count). The first-order chi connectivity index (χ1) is 17.0. The first kappa shape index (κ1) is 24.3. The van der Waals surface area contributed by atoms with Gasteiger partial charge in [0, 0.05) is 5.02 Å². The molecular formula is C27H26ClN3O4. The summed E-state index contributed by atoms with van der Waals surface area (Å²) < 4.78 is 17.0. The zero-order valence-corrected chi connectivity index (χ0v) is 20.2. The molecule has 2 atom stereocenters. The van der Waals surface area contributed by atoms with Gasteiger partial charge in [0.25, 0.3) is 0 Å². The minimum absolute atomic E-state index is 0.0939. The van der Waals surface area contributed by atoms with E-state index in [-0.39, 0.29) is 12.6 Å². The van der Waals surface area contributed by atoms with Crippen molar-refractivity contribution in [1.82, 2.24) is 0 Å². The van der Waals surface area contributed by atoms with Crippen molar-refractivity contribution in [2.45, 2.75) is 19.6 Å². The summed E-state index contributed by atoms with van der Waals surface area (Å²) in [5.74, 6) is -0.0229. The maximum absolute atomic E-state index is 13.1. The van der Waals surface area contributed by atoms with Crippen LogP contribution in [0.1, 0.15) is 29.7 Å². The monoisotopic (exact) mass is 491 g/mol. The van der Waals surface area contributed by atoms with Crippen molar-refractivity contribution in [2.24, 2.45) is 21.6 Å². The molecule has 7 nitrogen and oxygen atoms in total. The van der Waals surface area contributed by atoms with E-state index in [1.54, 1.807) is 26.2 Å². The van der Waals surface area contributed by atoms with E-state index in [2.05, 4.69) is 9.98 Å².